The fourth-order valence-corrected chi connectivity index (χ4v) is 2.79. The second kappa shape index (κ2) is 5.98. The highest BCUT2D eigenvalue weighted by Crippen LogP contribution is 2.16. The first-order valence-corrected chi connectivity index (χ1v) is 7.36. The summed E-state index contributed by atoms with van der Waals surface area (Å²) in [5.41, 5.74) is 0.265. The zero-order valence-electron chi connectivity index (χ0n) is 10.7. The van der Waals surface area contributed by atoms with E-state index in [-0.39, 0.29) is 12.2 Å². The molecule has 21 heavy (non-hydrogen) atoms. The predicted molar refractivity (Wildman–Crippen MR) is 73.5 cm³/mol. The van der Waals surface area contributed by atoms with Gasteiger partial charge in [0.2, 0.25) is 10.0 Å². The number of nitrogens with zero attached hydrogens (tertiary/aromatic N) is 1. The topological polar surface area (TPSA) is 89.3 Å². The van der Waals surface area contributed by atoms with Crippen LogP contribution in [0.3, 0.4) is 0 Å². The third-order valence-corrected chi connectivity index (χ3v) is 4.15. The van der Waals surface area contributed by atoms with Gasteiger partial charge in [0.1, 0.15) is 10.7 Å². The molecule has 6 nitrogen and oxygen atoms in total. The summed E-state index contributed by atoms with van der Waals surface area (Å²) in [5.74, 6) is -0.857. The number of hydrogen-bond donors (Lipinski definition) is 1. The van der Waals surface area contributed by atoms with Crippen LogP contribution in [0, 0.1) is 15.9 Å². The van der Waals surface area contributed by atoms with Crippen LogP contribution in [0.25, 0.3) is 0 Å². The minimum atomic E-state index is -4.02. The Kier molecular flexibility index (Phi) is 4.29. The summed E-state index contributed by atoms with van der Waals surface area (Å²) in [6, 6.07) is 10.5. The quantitative estimate of drug-likeness (QED) is 0.677. The smallest absolute Gasteiger partial charge is 0.258 e. The van der Waals surface area contributed by atoms with E-state index in [9.17, 15) is 22.9 Å². The highest BCUT2D eigenvalue weighted by atomic mass is 32.2. The molecular weight excluding hydrogens is 299 g/mol. The van der Waals surface area contributed by atoms with E-state index in [1.54, 1.807) is 0 Å². The molecule has 0 saturated heterocycles. The Morgan fingerprint density at radius 2 is 1.86 bits per heavy atom. The highest BCUT2D eigenvalue weighted by molar-refractivity contribution is 7.89. The number of nitro benzene ring substituents is 1. The van der Waals surface area contributed by atoms with E-state index >= 15 is 0 Å². The van der Waals surface area contributed by atoms with Crippen LogP contribution in [0.2, 0.25) is 0 Å². The maximum atomic E-state index is 13.5. The summed E-state index contributed by atoms with van der Waals surface area (Å²) in [6.07, 6.45) is 0. The third kappa shape index (κ3) is 3.61. The molecule has 2 rings (SSSR count). The second-order valence-electron chi connectivity index (χ2n) is 4.18. The predicted octanol–water partition coefficient (Wildman–Crippen LogP) is 2.21. The first-order chi connectivity index (χ1) is 9.90. The molecule has 0 aliphatic carbocycles. The molecule has 8 heteroatoms. The zero-order chi connectivity index (χ0) is 15.5. The molecule has 0 fully saturated rings. The number of rotatable bonds is 5. The Labute approximate surface area is 120 Å². The maximum absolute atomic E-state index is 13.5. The summed E-state index contributed by atoms with van der Waals surface area (Å²) in [7, 11) is -4.02. The lowest BCUT2D eigenvalue weighted by Crippen LogP contribution is -2.24. The Morgan fingerprint density at radius 3 is 2.52 bits per heavy atom. The molecule has 0 bridgehead atoms. The van der Waals surface area contributed by atoms with E-state index < -0.39 is 25.7 Å². The molecule has 2 aromatic rings. The van der Waals surface area contributed by atoms with E-state index in [0.29, 0.717) is 5.56 Å². The Bertz CT molecular complexity index is 777. The van der Waals surface area contributed by atoms with Gasteiger partial charge >= 0.3 is 0 Å². The van der Waals surface area contributed by atoms with Crippen LogP contribution < -0.4 is 4.72 Å². The average Bonchev–Trinajstić information content (AvgIpc) is 2.46. The lowest BCUT2D eigenvalue weighted by Gasteiger charge is -2.07. The average molecular weight is 310 g/mol. The highest BCUT2D eigenvalue weighted by Gasteiger charge is 2.18. The van der Waals surface area contributed by atoms with Crippen molar-refractivity contribution in [1.82, 2.24) is 4.72 Å². The largest absolute Gasteiger partial charge is 0.269 e. The monoisotopic (exact) mass is 310 g/mol. The standard InChI is InChI=1S/C13H11FN2O4S/c14-12-6-1-2-7-13(12)21(19,20)15-9-10-4-3-5-11(8-10)16(17)18/h1-8,15H,9H2. The van der Waals surface area contributed by atoms with E-state index in [0.717, 1.165) is 12.1 Å². The van der Waals surface area contributed by atoms with Gasteiger partial charge in [0.05, 0.1) is 4.92 Å². The molecule has 110 valence electrons. The first kappa shape index (κ1) is 15.1. The van der Waals surface area contributed by atoms with Crippen molar-refractivity contribution in [2.24, 2.45) is 0 Å². The Balaban J connectivity index is 2.18. The second-order valence-corrected chi connectivity index (χ2v) is 5.92. The van der Waals surface area contributed by atoms with Gasteiger partial charge in [-0.15, -0.1) is 0 Å². The summed E-state index contributed by atoms with van der Waals surface area (Å²) < 4.78 is 39.6. The van der Waals surface area contributed by atoms with Gasteiger partial charge in [-0.25, -0.2) is 17.5 Å². The normalized spacial score (nSPS) is 11.3. The lowest BCUT2D eigenvalue weighted by molar-refractivity contribution is -0.384. The molecule has 0 amide bonds. The van der Waals surface area contributed by atoms with Crippen LogP contribution in [0.4, 0.5) is 10.1 Å². The van der Waals surface area contributed by atoms with Crippen molar-refractivity contribution in [1.29, 1.82) is 0 Å². The van der Waals surface area contributed by atoms with Gasteiger partial charge in [-0.3, -0.25) is 10.1 Å². The van der Waals surface area contributed by atoms with Crippen LogP contribution >= 0.6 is 0 Å². The molecule has 2 aromatic carbocycles. The minimum absolute atomic E-state index is 0.141. The Hall–Kier alpha value is -2.32. The van der Waals surface area contributed by atoms with Crippen LogP contribution in [0.5, 0.6) is 0 Å². The third-order valence-electron chi connectivity index (χ3n) is 2.71. The number of sulfonamides is 1. The molecular formula is C13H11FN2O4S. The van der Waals surface area contributed by atoms with Gasteiger partial charge < -0.3 is 0 Å². The van der Waals surface area contributed by atoms with E-state index in [2.05, 4.69) is 4.72 Å². The van der Waals surface area contributed by atoms with Crippen molar-refractivity contribution in [3.8, 4) is 0 Å². The molecule has 0 radical (unpaired) electrons. The molecule has 0 aliphatic rings. The zero-order valence-corrected chi connectivity index (χ0v) is 11.5. The fourth-order valence-electron chi connectivity index (χ4n) is 1.70. The van der Waals surface area contributed by atoms with Gasteiger partial charge in [-0.05, 0) is 17.7 Å². The SMILES string of the molecule is O=[N+]([O-])c1cccc(CNS(=O)(=O)c2ccccc2F)c1. The van der Waals surface area contributed by atoms with Crippen molar-refractivity contribution < 1.29 is 17.7 Å². The Morgan fingerprint density at radius 1 is 1.14 bits per heavy atom. The van der Waals surface area contributed by atoms with Crippen molar-refractivity contribution in [3.63, 3.8) is 0 Å². The molecule has 0 unspecified atom stereocenters. The van der Waals surface area contributed by atoms with E-state index in [1.165, 1.54) is 36.4 Å². The number of nitrogens with one attached hydrogen (secondary N) is 1. The van der Waals surface area contributed by atoms with Gasteiger partial charge in [0, 0.05) is 18.7 Å². The minimum Gasteiger partial charge on any atom is -0.258 e. The van der Waals surface area contributed by atoms with Crippen LogP contribution in [0.15, 0.2) is 53.4 Å². The van der Waals surface area contributed by atoms with Crippen molar-refractivity contribution in [2.45, 2.75) is 11.4 Å². The molecule has 0 saturated carbocycles. The van der Waals surface area contributed by atoms with Crippen LogP contribution in [0.1, 0.15) is 5.56 Å². The molecule has 0 aromatic heterocycles. The van der Waals surface area contributed by atoms with Crippen LogP contribution in [-0.2, 0) is 16.6 Å². The molecule has 1 N–H and O–H groups in total. The fraction of sp³-hybridized carbons (Fsp3) is 0.0769. The summed E-state index contributed by atoms with van der Waals surface area (Å²) >= 11 is 0. The molecule has 0 aliphatic heterocycles. The summed E-state index contributed by atoms with van der Waals surface area (Å²) in [6.45, 7) is -0.168. The maximum Gasteiger partial charge on any atom is 0.269 e. The summed E-state index contributed by atoms with van der Waals surface area (Å²) in [4.78, 5) is 9.60. The number of hydrogen-bond acceptors (Lipinski definition) is 4. The number of halogens is 1. The van der Waals surface area contributed by atoms with Crippen molar-refractivity contribution in [2.75, 3.05) is 0 Å². The lowest BCUT2D eigenvalue weighted by atomic mass is 10.2. The van der Waals surface area contributed by atoms with Crippen molar-refractivity contribution in [3.05, 3.63) is 70.0 Å². The number of non-ortho nitro benzene ring substituents is 1. The first-order valence-electron chi connectivity index (χ1n) is 5.88. The number of benzene rings is 2. The van der Waals surface area contributed by atoms with E-state index in [4.69, 9.17) is 0 Å². The molecule has 0 atom stereocenters. The van der Waals surface area contributed by atoms with Gasteiger partial charge in [0.15, 0.2) is 0 Å². The van der Waals surface area contributed by atoms with E-state index in [1.807, 2.05) is 0 Å². The van der Waals surface area contributed by atoms with Gasteiger partial charge in [0.25, 0.3) is 5.69 Å². The molecule has 0 heterocycles. The number of nitro groups is 1. The van der Waals surface area contributed by atoms with Gasteiger partial charge in [-0.1, -0.05) is 24.3 Å². The van der Waals surface area contributed by atoms with Gasteiger partial charge in [-0.2, -0.15) is 0 Å². The summed E-state index contributed by atoms with van der Waals surface area (Å²) in [5, 5.41) is 10.6. The van der Waals surface area contributed by atoms with Crippen LogP contribution in [-0.4, -0.2) is 13.3 Å². The van der Waals surface area contributed by atoms with Crippen molar-refractivity contribution >= 4 is 15.7 Å². The molecule has 0 spiro atoms.